The van der Waals surface area contributed by atoms with E-state index in [1.165, 1.54) is 12.1 Å². The fourth-order valence-corrected chi connectivity index (χ4v) is 2.05. The highest BCUT2D eigenvalue weighted by atomic mass is 32.2. The lowest BCUT2D eigenvalue weighted by molar-refractivity contribution is 0.0953. The van der Waals surface area contributed by atoms with E-state index in [9.17, 15) is 13.2 Å². The molecule has 0 atom stereocenters. The maximum absolute atomic E-state index is 11.8. The van der Waals surface area contributed by atoms with Crippen LogP contribution in [-0.4, -0.2) is 25.4 Å². The Hall–Kier alpha value is -1.60. The number of aryl methyl sites for hydroxylation is 1. The van der Waals surface area contributed by atoms with Crippen LogP contribution in [-0.2, 0) is 10.3 Å². The van der Waals surface area contributed by atoms with Crippen LogP contribution in [0.5, 0.6) is 0 Å². The molecule has 6 nitrogen and oxygen atoms in total. The van der Waals surface area contributed by atoms with Gasteiger partial charge in [0.05, 0.1) is 5.69 Å². The standard InChI is InChI=1S/C12H18N2O4S/c1-3-4-7-13-12(15)10-5-6-11(9(2)8-10)14-19(16,17)18/h5-6,8,14H,3-4,7H2,1-2H3,(H,13,15)(H,16,17,18). The van der Waals surface area contributed by atoms with Gasteiger partial charge in [-0.05, 0) is 37.1 Å². The molecular formula is C12H18N2O4S. The highest BCUT2D eigenvalue weighted by molar-refractivity contribution is 7.87. The molecule has 0 radical (unpaired) electrons. The van der Waals surface area contributed by atoms with Gasteiger partial charge in [-0.2, -0.15) is 8.42 Å². The Balaban J connectivity index is 2.79. The van der Waals surface area contributed by atoms with E-state index < -0.39 is 10.3 Å². The molecule has 1 aromatic carbocycles. The van der Waals surface area contributed by atoms with E-state index in [1.54, 1.807) is 13.0 Å². The van der Waals surface area contributed by atoms with Crippen molar-refractivity contribution in [1.29, 1.82) is 0 Å². The van der Waals surface area contributed by atoms with Crippen molar-refractivity contribution in [2.75, 3.05) is 11.3 Å². The number of benzene rings is 1. The van der Waals surface area contributed by atoms with Gasteiger partial charge in [-0.1, -0.05) is 13.3 Å². The average molecular weight is 286 g/mol. The van der Waals surface area contributed by atoms with Crippen LogP contribution < -0.4 is 10.0 Å². The zero-order valence-corrected chi connectivity index (χ0v) is 11.8. The summed E-state index contributed by atoms with van der Waals surface area (Å²) in [4.78, 5) is 11.8. The molecule has 1 amide bonds. The van der Waals surface area contributed by atoms with Gasteiger partial charge in [-0.15, -0.1) is 0 Å². The second-order valence-corrected chi connectivity index (χ2v) is 5.37. The summed E-state index contributed by atoms with van der Waals surface area (Å²) in [6, 6.07) is 4.51. The minimum Gasteiger partial charge on any atom is -0.352 e. The SMILES string of the molecule is CCCCNC(=O)c1ccc(NS(=O)(=O)O)c(C)c1. The molecule has 3 N–H and O–H groups in total. The van der Waals surface area contributed by atoms with E-state index in [0.717, 1.165) is 12.8 Å². The van der Waals surface area contributed by atoms with Crippen molar-refractivity contribution in [3.63, 3.8) is 0 Å². The predicted molar refractivity (Wildman–Crippen MR) is 73.6 cm³/mol. The second-order valence-electron chi connectivity index (χ2n) is 4.22. The smallest absolute Gasteiger partial charge is 0.352 e. The van der Waals surface area contributed by atoms with Gasteiger partial charge in [0.15, 0.2) is 0 Å². The number of carbonyl (C=O) groups is 1. The van der Waals surface area contributed by atoms with Crippen LogP contribution in [0.4, 0.5) is 5.69 Å². The minimum atomic E-state index is -4.30. The Kier molecular flexibility index (Phi) is 5.31. The predicted octanol–water partition coefficient (Wildman–Crippen LogP) is 1.74. The molecule has 0 aliphatic heterocycles. The molecule has 7 heteroatoms. The zero-order valence-electron chi connectivity index (χ0n) is 10.9. The molecule has 19 heavy (non-hydrogen) atoms. The van der Waals surface area contributed by atoms with Crippen molar-refractivity contribution in [3.8, 4) is 0 Å². The molecule has 0 bridgehead atoms. The summed E-state index contributed by atoms with van der Waals surface area (Å²) in [6.45, 7) is 4.29. The molecule has 106 valence electrons. The molecule has 0 heterocycles. The van der Waals surface area contributed by atoms with Crippen LogP contribution >= 0.6 is 0 Å². The third kappa shape index (κ3) is 5.27. The Morgan fingerprint density at radius 2 is 2.05 bits per heavy atom. The maximum atomic E-state index is 11.8. The molecule has 1 aromatic rings. The Morgan fingerprint density at radius 1 is 1.37 bits per heavy atom. The molecule has 0 unspecified atom stereocenters. The van der Waals surface area contributed by atoms with E-state index in [1.807, 2.05) is 11.6 Å². The number of rotatable bonds is 6. The molecule has 0 spiro atoms. The van der Waals surface area contributed by atoms with Crippen molar-refractivity contribution in [2.24, 2.45) is 0 Å². The first-order chi connectivity index (χ1) is 8.83. The van der Waals surface area contributed by atoms with Crippen LogP contribution in [0.1, 0.15) is 35.7 Å². The average Bonchev–Trinajstić information content (AvgIpc) is 2.30. The number of unbranched alkanes of at least 4 members (excludes halogenated alkanes) is 1. The van der Waals surface area contributed by atoms with Crippen LogP contribution in [0.3, 0.4) is 0 Å². The number of carbonyl (C=O) groups excluding carboxylic acids is 1. The first-order valence-electron chi connectivity index (χ1n) is 5.97. The highest BCUT2D eigenvalue weighted by Crippen LogP contribution is 2.17. The minimum absolute atomic E-state index is 0.199. The fourth-order valence-electron chi connectivity index (χ4n) is 1.54. The molecule has 0 aliphatic carbocycles. The van der Waals surface area contributed by atoms with Crippen LogP contribution in [0.15, 0.2) is 18.2 Å². The van der Waals surface area contributed by atoms with E-state index >= 15 is 0 Å². The largest absolute Gasteiger partial charge is 0.357 e. The molecule has 0 fully saturated rings. The number of hydrogen-bond donors (Lipinski definition) is 3. The van der Waals surface area contributed by atoms with Gasteiger partial charge in [0.1, 0.15) is 0 Å². The van der Waals surface area contributed by atoms with Crippen LogP contribution in [0, 0.1) is 6.92 Å². The number of nitrogens with one attached hydrogen (secondary N) is 2. The van der Waals surface area contributed by atoms with Crippen molar-refractivity contribution in [1.82, 2.24) is 5.32 Å². The third-order valence-electron chi connectivity index (χ3n) is 2.54. The van der Waals surface area contributed by atoms with Gasteiger partial charge < -0.3 is 5.32 Å². The monoisotopic (exact) mass is 286 g/mol. The Bertz CT molecular complexity index is 555. The van der Waals surface area contributed by atoms with E-state index in [4.69, 9.17) is 4.55 Å². The lowest BCUT2D eigenvalue weighted by Gasteiger charge is -2.09. The summed E-state index contributed by atoms with van der Waals surface area (Å²) >= 11 is 0. The first kappa shape index (κ1) is 15.5. The summed E-state index contributed by atoms with van der Waals surface area (Å²) in [5, 5.41) is 2.77. The summed E-state index contributed by atoms with van der Waals surface area (Å²) in [5.74, 6) is -0.199. The number of amides is 1. The van der Waals surface area contributed by atoms with Crippen molar-refractivity contribution < 1.29 is 17.8 Å². The Labute approximate surface area is 113 Å². The first-order valence-corrected chi connectivity index (χ1v) is 7.41. The Morgan fingerprint density at radius 3 is 2.58 bits per heavy atom. The van der Waals surface area contributed by atoms with Gasteiger partial charge in [-0.3, -0.25) is 14.1 Å². The van der Waals surface area contributed by atoms with Crippen LogP contribution in [0.2, 0.25) is 0 Å². The van der Waals surface area contributed by atoms with E-state index in [0.29, 0.717) is 17.7 Å². The molecule has 0 saturated carbocycles. The highest BCUT2D eigenvalue weighted by Gasteiger charge is 2.10. The summed E-state index contributed by atoms with van der Waals surface area (Å²) in [6.07, 6.45) is 1.91. The zero-order chi connectivity index (χ0) is 14.5. The number of hydrogen-bond acceptors (Lipinski definition) is 3. The second kappa shape index (κ2) is 6.53. The molecule has 0 aliphatic rings. The maximum Gasteiger partial charge on any atom is 0.357 e. The molecule has 1 rings (SSSR count). The normalized spacial score (nSPS) is 11.1. The third-order valence-corrected chi connectivity index (χ3v) is 3.02. The summed E-state index contributed by atoms with van der Waals surface area (Å²) < 4.78 is 32.1. The fraction of sp³-hybridized carbons (Fsp3) is 0.417. The quantitative estimate of drug-likeness (QED) is 0.548. The van der Waals surface area contributed by atoms with Gasteiger partial charge in [0.2, 0.25) is 0 Å². The van der Waals surface area contributed by atoms with Gasteiger partial charge in [-0.25, -0.2) is 0 Å². The van der Waals surface area contributed by atoms with Gasteiger partial charge in [0.25, 0.3) is 5.91 Å². The molecular weight excluding hydrogens is 268 g/mol. The lowest BCUT2D eigenvalue weighted by atomic mass is 10.1. The molecule has 0 aromatic heterocycles. The van der Waals surface area contributed by atoms with Gasteiger partial charge >= 0.3 is 10.3 Å². The van der Waals surface area contributed by atoms with Crippen molar-refractivity contribution in [2.45, 2.75) is 26.7 Å². The number of anilines is 1. The molecule has 0 saturated heterocycles. The van der Waals surface area contributed by atoms with Crippen molar-refractivity contribution in [3.05, 3.63) is 29.3 Å². The van der Waals surface area contributed by atoms with Gasteiger partial charge in [0, 0.05) is 12.1 Å². The topological polar surface area (TPSA) is 95.5 Å². The van der Waals surface area contributed by atoms with Crippen LogP contribution in [0.25, 0.3) is 0 Å². The van der Waals surface area contributed by atoms with E-state index in [-0.39, 0.29) is 11.6 Å². The lowest BCUT2D eigenvalue weighted by Crippen LogP contribution is -2.24. The summed E-state index contributed by atoms with van der Waals surface area (Å²) in [5.41, 5.74) is 1.25. The summed E-state index contributed by atoms with van der Waals surface area (Å²) in [7, 11) is -4.30. The van der Waals surface area contributed by atoms with E-state index in [2.05, 4.69) is 5.32 Å². The van der Waals surface area contributed by atoms with Crippen molar-refractivity contribution >= 4 is 21.9 Å².